The molecule has 0 aliphatic carbocycles. The number of aromatic nitrogens is 1. The largest absolute Gasteiger partial charge is 0.361 e. The molecule has 0 aromatic carbocycles. The third-order valence-electron chi connectivity index (χ3n) is 3.94. The van der Waals surface area contributed by atoms with Crippen LogP contribution in [-0.4, -0.2) is 22.3 Å². The maximum absolute atomic E-state index is 5.21. The Hall–Kier alpha value is -0.870. The van der Waals surface area contributed by atoms with Crippen LogP contribution in [0.15, 0.2) is 4.52 Å². The second-order valence-corrected chi connectivity index (χ2v) is 7.18. The molecule has 2 rings (SSSR count). The van der Waals surface area contributed by atoms with Crippen molar-refractivity contribution in [2.45, 2.75) is 78.0 Å². The fraction of sp³-hybridized carbons (Fsp3) is 0.800. The lowest BCUT2D eigenvalue weighted by Crippen LogP contribution is -2.61. The summed E-state index contributed by atoms with van der Waals surface area (Å²) < 4.78 is 5.21. The Morgan fingerprint density at radius 1 is 1.21 bits per heavy atom. The van der Waals surface area contributed by atoms with Crippen LogP contribution in [0.25, 0.3) is 0 Å². The molecule has 2 heterocycles. The molecule has 2 N–H and O–H groups in total. The van der Waals surface area contributed by atoms with E-state index in [1.165, 1.54) is 5.56 Å². The summed E-state index contributed by atoms with van der Waals surface area (Å²) in [6, 6.07) is 0.528. The van der Waals surface area contributed by atoms with Crippen molar-refractivity contribution in [1.82, 2.24) is 15.8 Å². The van der Waals surface area contributed by atoms with Crippen LogP contribution in [0.1, 0.15) is 57.6 Å². The lowest BCUT2D eigenvalue weighted by Gasteiger charge is -2.46. The van der Waals surface area contributed by atoms with Gasteiger partial charge in [-0.15, -0.1) is 0 Å². The summed E-state index contributed by atoms with van der Waals surface area (Å²) in [5.41, 5.74) is 2.56. The first-order valence-corrected chi connectivity index (χ1v) is 7.13. The van der Waals surface area contributed by atoms with E-state index in [0.29, 0.717) is 6.04 Å². The molecule has 1 aromatic heterocycles. The van der Waals surface area contributed by atoms with Crippen molar-refractivity contribution in [3.63, 3.8) is 0 Å². The van der Waals surface area contributed by atoms with E-state index in [4.69, 9.17) is 4.52 Å². The van der Waals surface area contributed by atoms with Gasteiger partial charge < -0.3 is 15.2 Å². The van der Waals surface area contributed by atoms with Crippen molar-refractivity contribution in [2.24, 2.45) is 0 Å². The first-order valence-electron chi connectivity index (χ1n) is 7.13. The van der Waals surface area contributed by atoms with Gasteiger partial charge in [0.25, 0.3) is 0 Å². The molecule has 1 fully saturated rings. The van der Waals surface area contributed by atoms with E-state index in [1.807, 2.05) is 13.8 Å². The first kappa shape index (κ1) is 14.5. The molecule has 1 aliphatic heterocycles. The topological polar surface area (TPSA) is 50.1 Å². The number of hydrogen-bond donors (Lipinski definition) is 2. The summed E-state index contributed by atoms with van der Waals surface area (Å²) in [6.07, 6.45) is 2.28. The van der Waals surface area contributed by atoms with Gasteiger partial charge in [0.05, 0.1) is 5.69 Å². The van der Waals surface area contributed by atoms with Crippen LogP contribution in [0.4, 0.5) is 0 Å². The van der Waals surface area contributed by atoms with Crippen LogP contribution in [0.5, 0.6) is 0 Å². The minimum atomic E-state index is 0.179. The van der Waals surface area contributed by atoms with Gasteiger partial charge in [0, 0.05) is 29.2 Å². The third kappa shape index (κ3) is 3.57. The molecular weight excluding hydrogens is 238 g/mol. The molecule has 0 bridgehead atoms. The molecule has 1 aromatic rings. The Kier molecular flexibility index (Phi) is 3.76. The minimum absolute atomic E-state index is 0.179. The molecule has 0 spiro atoms. The molecule has 19 heavy (non-hydrogen) atoms. The van der Waals surface area contributed by atoms with Crippen molar-refractivity contribution in [3.05, 3.63) is 17.0 Å². The fourth-order valence-electron chi connectivity index (χ4n) is 3.47. The lowest BCUT2D eigenvalue weighted by atomic mass is 9.79. The zero-order valence-electron chi connectivity index (χ0n) is 13.1. The highest BCUT2D eigenvalue weighted by molar-refractivity contribution is 5.20. The summed E-state index contributed by atoms with van der Waals surface area (Å²) in [4.78, 5) is 0. The predicted molar refractivity (Wildman–Crippen MR) is 77.1 cm³/mol. The van der Waals surface area contributed by atoms with Crippen LogP contribution < -0.4 is 10.6 Å². The smallest absolute Gasteiger partial charge is 0.138 e. The van der Waals surface area contributed by atoms with Crippen LogP contribution in [0.3, 0.4) is 0 Å². The van der Waals surface area contributed by atoms with Gasteiger partial charge in [-0.25, -0.2) is 0 Å². The van der Waals surface area contributed by atoms with Gasteiger partial charge in [-0.1, -0.05) is 5.16 Å². The predicted octanol–water partition coefficient (Wildman–Crippen LogP) is 2.69. The molecule has 1 aliphatic rings. The fourth-order valence-corrected chi connectivity index (χ4v) is 3.47. The lowest BCUT2D eigenvalue weighted by molar-refractivity contribution is 0.145. The Balaban J connectivity index is 2.00. The maximum Gasteiger partial charge on any atom is 0.138 e. The summed E-state index contributed by atoms with van der Waals surface area (Å²) >= 11 is 0. The number of piperidine rings is 1. The Bertz CT molecular complexity index is 413. The van der Waals surface area contributed by atoms with Gasteiger partial charge in [0.15, 0.2) is 0 Å². The maximum atomic E-state index is 5.21. The third-order valence-corrected chi connectivity index (χ3v) is 3.94. The molecule has 1 saturated heterocycles. The van der Waals surface area contributed by atoms with Crippen LogP contribution in [-0.2, 0) is 6.54 Å². The summed E-state index contributed by atoms with van der Waals surface area (Å²) in [5, 5.41) is 11.4. The van der Waals surface area contributed by atoms with E-state index in [-0.39, 0.29) is 11.1 Å². The normalized spacial score (nSPS) is 22.6. The van der Waals surface area contributed by atoms with E-state index in [2.05, 4.69) is 43.5 Å². The van der Waals surface area contributed by atoms with Crippen LogP contribution in [0.2, 0.25) is 0 Å². The van der Waals surface area contributed by atoms with Gasteiger partial charge in [-0.2, -0.15) is 0 Å². The molecule has 0 radical (unpaired) electrons. The van der Waals surface area contributed by atoms with Crippen molar-refractivity contribution >= 4 is 0 Å². The van der Waals surface area contributed by atoms with E-state index in [0.717, 1.165) is 30.8 Å². The van der Waals surface area contributed by atoms with E-state index >= 15 is 0 Å². The minimum Gasteiger partial charge on any atom is -0.361 e. The number of nitrogens with one attached hydrogen (secondary N) is 2. The SMILES string of the molecule is Cc1noc(C)c1CNC1CC(C)(C)NC(C)(C)C1. The summed E-state index contributed by atoms with van der Waals surface area (Å²) in [7, 11) is 0. The molecule has 0 unspecified atom stereocenters. The Labute approximate surface area is 116 Å². The zero-order chi connectivity index (χ0) is 14.3. The first-order chi connectivity index (χ1) is 8.69. The Morgan fingerprint density at radius 2 is 1.79 bits per heavy atom. The average molecular weight is 265 g/mol. The van der Waals surface area contributed by atoms with Gasteiger partial charge in [0.2, 0.25) is 0 Å². The van der Waals surface area contributed by atoms with Crippen molar-refractivity contribution in [1.29, 1.82) is 0 Å². The second kappa shape index (κ2) is 4.91. The summed E-state index contributed by atoms with van der Waals surface area (Å²) in [5.74, 6) is 0.928. The van der Waals surface area contributed by atoms with E-state index < -0.39 is 0 Å². The molecule has 0 amide bonds. The standard InChI is InChI=1S/C15H27N3O/c1-10-13(11(2)19-17-10)9-16-12-7-14(3,4)18-15(5,6)8-12/h12,16,18H,7-9H2,1-6H3. The van der Waals surface area contributed by atoms with Crippen molar-refractivity contribution in [2.75, 3.05) is 0 Å². The molecule has 0 saturated carbocycles. The number of rotatable bonds is 3. The molecule has 4 heteroatoms. The highest BCUT2D eigenvalue weighted by atomic mass is 16.5. The van der Waals surface area contributed by atoms with Crippen LogP contribution >= 0.6 is 0 Å². The van der Waals surface area contributed by atoms with E-state index in [9.17, 15) is 0 Å². The van der Waals surface area contributed by atoms with Gasteiger partial charge in [-0.3, -0.25) is 0 Å². The van der Waals surface area contributed by atoms with E-state index in [1.54, 1.807) is 0 Å². The molecule has 108 valence electrons. The highest BCUT2D eigenvalue weighted by Gasteiger charge is 2.37. The molecule has 0 atom stereocenters. The number of hydrogen-bond acceptors (Lipinski definition) is 4. The molecule has 4 nitrogen and oxygen atoms in total. The second-order valence-electron chi connectivity index (χ2n) is 7.18. The Morgan fingerprint density at radius 3 is 2.26 bits per heavy atom. The van der Waals surface area contributed by atoms with Gasteiger partial charge in [0.1, 0.15) is 5.76 Å². The van der Waals surface area contributed by atoms with Crippen molar-refractivity contribution in [3.8, 4) is 0 Å². The number of nitrogens with zero attached hydrogens (tertiary/aromatic N) is 1. The van der Waals surface area contributed by atoms with Crippen LogP contribution in [0, 0.1) is 13.8 Å². The highest BCUT2D eigenvalue weighted by Crippen LogP contribution is 2.28. The summed E-state index contributed by atoms with van der Waals surface area (Å²) in [6.45, 7) is 13.9. The van der Waals surface area contributed by atoms with Crippen molar-refractivity contribution < 1.29 is 4.52 Å². The monoisotopic (exact) mass is 265 g/mol. The quantitative estimate of drug-likeness (QED) is 0.882. The molecular formula is C15H27N3O. The number of aryl methyl sites for hydroxylation is 2. The average Bonchev–Trinajstić information content (AvgIpc) is 2.51. The van der Waals surface area contributed by atoms with Gasteiger partial charge in [-0.05, 0) is 54.4 Å². The zero-order valence-corrected chi connectivity index (χ0v) is 13.1. The van der Waals surface area contributed by atoms with Gasteiger partial charge >= 0.3 is 0 Å².